The predicted molar refractivity (Wildman–Crippen MR) is 146 cm³/mol. The first-order valence-corrected chi connectivity index (χ1v) is 12.3. The lowest BCUT2D eigenvalue weighted by atomic mass is 10.1. The molecule has 36 heavy (non-hydrogen) atoms. The zero-order valence-corrected chi connectivity index (χ0v) is 22.2. The Morgan fingerprint density at radius 2 is 1.69 bits per heavy atom. The quantitative estimate of drug-likeness (QED) is 0.236. The largest absolute Gasteiger partial charge is 0.480 e. The fraction of sp³-hybridized carbons (Fsp3) is 0.250. The van der Waals surface area contributed by atoms with E-state index in [2.05, 4.69) is 46.1 Å². The van der Waals surface area contributed by atoms with Crippen molar-refractivity contribution in [3.63, 3.8) is 0 Å². The summed E-state index contributed by atoms with van der Waals surface area (Å²) >= 11 is 1.34. The van der Waals surface area contributed by atoms with Crippen LogP contribution in [0.1, 0.15) is 42.0 Å². The van der Waals surface area contributed by atoms with Crippen LogP contribution in [0.25, 0.3) is 0 Å². The molecule has 0 aliphatic heterocycles. The van der Waals surface area contributed by atoms with Crippen LogP contribution in [-0.2, 0) is 24.3 Å². The SMILES string of the molecule is Cc1ccc(Cc2cc(N(Cc3ccc(SC(C)(C)C(=O)O)cc3)Cc3ccco3)ncn2)cc1.Cl. The number of rotatable bonds is 10. The van der Waals surface area contributed by atoms with Gasteiger partial charge in [-0.05, 0) is 56.2 Å². The third-order valence-electron chi connectivity index (χ3n) is 5.65. The molecule has 0 aliphatic rings. The van der Waals surface area contributed by atoms with Crippen molar-refractivity contribution in [1.29, 1.82) is 0 Å². The van der Waals surface area contributed by atoms with E-state index in [1.807, 2.05) is 42.5 Å². The smallest absolute Gasteiger partial charge is 0.319 e. The Bertz CT molecular complexity index is 1260. The van der Waals surface area contributed by atoms with Crippen molar-refractivity contribution < 1.29 is 14.3 Å². The van der Waals surface area contributed by atoms with Gasteiger partial charge >= 0.3 is 5.97 Å². The van der Waals surface area contributed by atoms with Crippen LogP contribution in [-0.4, -0.2) is 25.8 Å². The van der Waals surface area contributed by atoms with E-state index in [1.165, 1.54) is 22.9 Å². The molecule has 0 fully saturated rings. The summed E-state index contributed by atoms with van der Waals surface area (Å²) in [5.41, 5.74) is 4.48. The van der Waals surface area contributed by atoms with E-state index >= 15 is 0 Å². The molecule has 8 heteroatoms. The highest BCUT2D eigenvalue weighted by atomic mass is 35.5. The number of furan rings is 1. The van der Waals surface area contributed by atoms with Gasteiger partial charge in [0.2, 0.25) is 0 Å². The topological polar surface area (TPSA) is 79.5 Å². The van der Waals surface area contributed by atoms with E-state index < -0.39 is 10.7 Å². The maximum Gasteiger partial charge on any atom is 0.319 e. The van der Waals surface area contributed by atoms with Gasteiger partial charge in [-0.1, -0.05) is 42.0 Å². The molecule has 1 N–H and O–H groups in total. The maximum absolute atomic E-state index is 11.5. The van der Waals surface area contributed by atoms with Gasteiger partial charge in [-0.25, -0.2) is 9.97 Å². The summed E-state index contributed by atoms with van der Waals surface area (Å²) in [4.78, 5) is 23.6. The first-order valence-electron chi connectivity index (χ1n) is 11.4. The fourth-order valence-corrected chi connectivity index (χ4v) is 4.55. The standard InChI is InChI=1S/C28H29N3O3S.ClH/c1-20-6-8-21(9-7-20)15-23-16-26(30-19-29-23)31(18-24-5-4-14-34-24)17-22-10-12-25(13-11-22)35-28(2,3)27(32)33;/h4-14,16,19H,15,17-18H2,1-3H3,(H,32,33);1H. The number of hydrogen-bond acceptors (Lipinski definition) is 6. The van der Waals surface area contributed by atoms with Gasteiger partial charge in [0.1, 0.15) is 22.7 Å². The Hall–Kier alpha value is -3.29. The average Bonchev–Trinajstić information content (AvgIpc) is 3.34. The highest BCUT2D eigenvalue weighted by Crippen LogP contribution is 2.33. The third kappa shape index (κ3) is 7.35. The van der Waals surface area contributed by atoms with Crippen molar-refractivity contribution in [1.82, 2.24) is 9.97 Å². The number of aryl methyl sites for hydroxylation is 1. The lowest BCUT2D eigenvalue weighted by Gasteiger charge is -2.23. The Balaban J connectivity index is 0.00000361. The van der Waals surface area contributed by atoms with E-state index in [0.29, 0.717) is 13.1 Å². The lowest BCUT2D eigenvalue weighted by molar-refractivity contribution is -0.138. The van der Waals surface area contributed by atoms with Gasteiger partial charge in [-0.15, -0.1) is 24.2 Å². The molecule has 0 unspecified atom stereocenters. The van der Waals surface area contributed by atoms with Gasteiger partial charge in [0.15, 0.2) is 0 Å². The second-order valence-corrected chi connectivity index (χ2v) is 10.7. The van der Waals surface area contributed by atoms with Crippen LogP contribution in [0.3, 0.4) is 0 Å². The zero-order chi connectivity index (χ0) is 24.8. The molecule has 6 nitrogen and oxygen atoms in total. The zero-order valence-electron chi connectivity index (χ0n) is 20.5. The molecule has 4 aromatic rings. The summed E-state index contributed by atoms with van der Waals surface area (Å²) in [7, 11) is 0. The highest BCUT2D eigenvalue weighted by Gasteiger charge is 2.28. The van der Waals surface area contributed by atoms with Gasteiger partial charge in [-0.3, -0.25) is 4.79 Å². The number of anilines is 1. The van der Waals surface area contributed by atoms with Crippen LogP contribution < -0.4 is 4.90 Å². The molecular weight excluding hydrogens is 494 g/mol. The number of nitrogens with zero attached hydrogens (tertiary/aromatic N) is 3. The summed E-state index contributed by atoms with van der Waals surface area (Å²) in [5, 5.41) is 9.40. The molecule has 2 heterocycles. The van der Waals surface area contributed by atoms with Crippen molar-refractivity contribution in [2.24, 2.45) is 0 Å². The van der Waals surface area contributed by atoms with Crippen LogP contribution in [0.4, 0.5) is 5.82 Å². The third-order valence-corrected chi connectivity index (χ3v) is 6.84. The van der Waals surface area contributed by atoms with Crippen LogP contribution >= 0.6 is 24.2 Å². The number of thioether (sulfide) groups is 1. The molecule has 0 atom stereocenters. The van der Waals surface area contributed by atoms with Crippen molar-refractivity contribution in [3.05, 3.63) is 107 Å². The van der Waals surface area contributed by atoms with Gasteiger partial charge in [0.25, 0.3) is 0 Å². The molecule has 188 valence electrons. The summed E-state index contributed by atoms with van der Waals surface area (Å²) in [6, 6.07) is 22.3. The summed E-state index contributed by atoms with van der Waals surface area (Å²) in [6.45, 7) is 6.69. The molecule has 0 saturated carbocycles. The minimum absolute atomic E-state index is 0. The minimum Gasteiger partial charge on any atom is -0.480 e. The van der Waals surface area contributed by atoms with Crippen molar-refractivity contribution in [3.8, 4) is 0 Å². The first kappa shape index (κ1) is 27.3. The monoisotopic (exact) mass is 523 g/mol. The van der Waals surface area contributed by atoms with Crippen LogP contribution in [0.15, 0.2) is 88.6 Å². The summed E-state index contributed by atoms with van der Waals surface area (Å²) in [6.07, 6.45) is 4.02. The van der Waals surface area contributed by atoms with Gasteiger partial charge in [-0.2, -0.15) is 0 Å². The number of aromatic nitrogens is 2. The van der Waals surface area contributed by atoms with Crippen LogP contribution in [0.5, 0.6) is 0 Å². The Morgan fingerprint density at radius 3 is 2.33 bits per heavy atom. The van der Waals surface area contributed by atoms with Gasteiger partial charge in [0.05, 0.1) is 18.5 Å². The highest BCUT2D eigenvalue weighted by molar-refractivity contribution is 8.01. The molecule has 0 bridgehead atoms. The van der Waals surface area contributed by atoms with E-state index in [0.717, 1.165) is 34.2 Å². The predicted octanol–water partition coefficient (Wildman–Crippen LogP) is 6.55. The Morgan fingerprint density at radius 1 is 1.00 bits per heavy atom. The number of carbonyl (C=O) groups is 1. The van der Waals surface area contributed by atoms with Crippen molar-refractivity contribution in [2.75, 3.05) is 4.90 Å². The molecule has 2 aromatic heterocycles. The van der Waals surface area contributed by atoms with Crippen molar-refractivity contribution in [2.45, 2.75) is 49.9 Å². The molecule has 0 saturated heterocycles. The molecule has 0 amide bonds. The maximum atomic E-state index is 11.5. The van der Waals surface area contributed by atoms with Crippen molar-refractivity contribution >= 4 is 36.0 Å². The van der Waals surface area contributed by atoms with Crippen LogP contribution in [0.2, 0.25) is 0 Å². The minimum atomic E-state index is -0.887. The number of hydrogen-bond donors (Lipinski definition) is 1. The van der Waals surface area contributed by atoms with Crippen LogP contribution in [0, 0.1) is 6.92 Å². The second-order valence-electron chi connectivity index (χ2n) is 9.03. The normalized spacial score (nSPS) is 11.1. The number of halogens is 1. The summed E-state index contributed by atoms with van der Waals surface area (Å²) < 4.78 is 4.73. The number of carboxylic acids is 1. The lowest BCUT2D eigenvalue weighted by Crippen LogP contribution is -2.26. The number of benzene rings is 2. The molecule has 2 aromatic carbocycles. The fourth-order valence-electron chi connectivity index (χ4n) is 3.60. The second kappa shape index (κ2) is 12.1. The molecule has 0 spiro atoms. The Kier molecular flexibility index (Phi) is 9.18. The van der Waals surface area contributed by atoms with Gasteiger partial charge < -0.3 is 14.4 Å². The van der Waals surface area contributed by atoms with E-state index in [9.17, 15) is 9.90 Å². The molecule has 0 aliphatic carbocycles. The van der Waals surface area contributed by atoms with E-state index in [4.69, 9.17) is 4.42 Å². The number of aliphatic carboxylic acids is 1. The molecule has 0 radical (unpaired) electrons. The molecular formula is C28H30ClN3O3S. The average molecular weight is 524 g/mol. The number of carboxylic acid groups (broad SMARTS) is 1. The van der Waals surface area contributed by atoms with E-state index in [-0.39, 0.29) is 12.4 Å². The summed E-state index contributed by atoms with van der Waals surface area (Å²) in [5.74, 6) is 0.837. The first-order chi connectivity index (χ1) is 16.8. The Labute approximate surface area is 222 Å². The van der Waals surface area contributed by atoms with Gasteiger partial charge in [0, 0.05) is 23.9 Å². The van der Waals surface area contributed by atoms with E-state index in [1.54, 1.807) is 26.4 Å². The molecule has 4 rings (SSSR count).